The van der Waals surface area contributed by atoms with Crippen molar-refractivity contribution in [2.75, 3.05) is 13.2 Å². The van der Waals surface area contributed by atoms with Gasteiger partial charge in [0.2, 0.25) is 0 Å². The monoisotopic (exact) mass is 300 g/mol. The molecule has 22 heavy (non-hydrogen) atoms. The van der Waals surface area contributed by atoms with Crippen molar-refractivity contribution < 1.29 is 24.2 Å². The van der Waals surface area contributed by atoms with Crippen molar-refractivity contribution in [3.05, 3.63) is 71.3 Å². The fourth-order valence-corrected chi connectivity index (χ4v) is 1.86. The molecule has 5 nitrogen and oxygen atoms in total. The van der Waals surface area contributed by atoms with Crippen LogP contribution >= 0.6 is 0 Å². The number of hydrogen-bond acceptors (Lipinski definition) is 5. The summed E-state index contributed by atoms with van der Waals surface area (Å²) in [4.78, 5) is 24.0. The Kier molecular flexibility index (Phi) is 5.68. The number of benzene rings is 2. The zero-order valence-electron chi connectivity index (χ0n) is 11.9. The molecule has 0 saturated carbocycles. The lowest BCUT2D eigenvalue weighted by Crippen LogP contribution is -2.15. The molecule has 0 fully saturated rings. The van der Waals surface area contributed by atoms with Gasteiger partial charge in [-0.15, -0.1) is 0 Å². The second kappa shape index (κ2) is 7.95. The average Bonchev–Trinajstić information content (AvgIpc) is 2.58. The van der Waals surface area contributed by atoms with Gasteiger partial charge in [-0.25, -0.2) is 9.59 Å². The van der Waals surface area contributed by atoms with E-state index in [2.05, 4.69) is 0 Å². The van der Waals surface area contributed by atoms with Crippen LogP contribution in [0, 0.1) is 0 Å². The Hall–Kier alpha value is -2.66. The van der Waals surface area contributed by atoms with E-state index in [1.807, 2.05) is 30.3 Å². The normalized spacial score (nSPS) is 10.0. The smallest absolute Gasteiger partial charge is 0.339 e. The van der Waals surface area contributed by atoms with Crippen LogP contribution in [0.5, 0.6) is 0 Å². The molecule has 2 aromatic carbocycles. The highest BCUT2D eigenvalue weighted by Crippen LogP contribution is 2.13. The van der Waals surface area contributed by atoms with Gasteiger partial charge in [0, 0.05) is 0 Å². The summed E-state index contributed by atoms with van der Waals surface area (Å²) in [5, 5.41) is 8.68. The van der Waals surface area contributed by atoms with E-state index in [0.29, 0.717) is 0 Å². The molecule has 0 aliphatic rings. The van der Waals surface area contributed by atoms with Crippen molar-refractivity contribution in [3.8, 4) is 0 Å². The molecule has 0 aliphatic heterocycles. The SMILES string of the molecule is O=C(OCCO)c1ccccc1C(=O)OCc1ccccc1. The van der Waals surface area contributed by atoms with Crippen molar-refractivity contribution in [2.45, 2.75) is 6.61 Å². The van der Waals surface area contributed by atoms with E-state index in [1.165, 1.54) is 12.1 Å². The molecule has 2 aromatic rings. The van der Waals surface area contributed by atoms with E-state index in [9.17, 15) is 9.59 Å². The first-order valence-electron chi connectivity index (χ1n) is 6.80. The van der Waals surface area contributed by atoms with Crippen LogP contribution in [0.3, 0.4) is 0 Å². The average molecular weight is 300 g/mol. The molecule has 0 aliphatic carbocycles. The van der Waals surface area contributed by atoms with Crippen LogP contribution in [0.2, 0.25) is 0 Å². The van der Waals surface area contributed by atoms with Gasteiger partial charge >= 0.3 is 11.9 Å². The standard InChI is InChI=1S/C17H16O5/c18-10-11-21-16(19)14-8-4-5-9-15(14)17(20)22-12-13-6-2-1-3-7-13/h1-9,18H,10-12H2. The van der Waals surface area contributed by atoms with E-state index < -0.39 is 11.9 Å². The first kappa shape index (κ1) is 15.7. The highest BCUT2D eigenvalue weighted by molar-refractivity contribution is 6.03. The van der Waals surface area contributed by atoms with Crippen LogP contribution < -0.4 is 0 Å². The third kappa shape index (κ3) is 4.17. The molecule has 0 saturated heterocycles. The number of carbonyl (C=O) groups is 2. The topological polar surface area (TPSA) is 72.8 Å². The first-order chi connectivity index (χ1) is 10.7. The Morgan fingerprint density at radius 3 is 1.95 bits per heavy atom. The van der Waals surface area contributed by atoms with Crippen molar-refractivity contribution in [3.63, 3.8) is 0 Å². The molecule has 0 bridgehead atoms. The highest BCUT2D eigenvalue weighted by atomic mass is 16.5. The maximum Gasteiger partial charge on any atom is 0.339 e. The van der Waals surface area contributed by atoms with E-state index >= 15 is 0 Å². The number of aliphatic hydroxyl groups is 1. The summed E-state index contributed by atoms with van der Waals surface area (Å²) in [6.07, 6.45) is 0. The van der Waals surface area contributed by atoms with Crippen LogP contribution in [0.1, 0.15) is 26.3 Å². The van der Waals surface area contributed by atoms with Crippen LogP contribution in [-0.4, -0.2) is 30.3 Å². The quantitative estimate of drug-likeness (QED) is 0.828. The minimum Gasteiger partial charge on any atom is -0.460 e. The molecule has 0 radical (unpaired) electrons. The number of rotatable bonds is 6. The van der Waals surface area contributed by atoms with Crippen molar-refractivity contribution in [1.82, 2.24) is 0 Å². The largest absolute Gasteiger partial charge is 0.460 e. The minimum absolute atomic E-state index is 0.119. The maximum absolute atomic E-state index is 12.1. The molecule has 0 atom stereocenters. The lowest BCUT2D eigenvalue weighted by atomic mass is 10.1. The van der Waals surface area contributed by atoms with Gasteiger partial charge in [0.05, 0.1) is 17.7 Å². The summed E-state index contributed by atoms with van der Waals surface area (Å²) in [6, 6.07) is 15.5. The van der Waals surface area contributed by atoms with Crippen LogP contribution in [-0.2, 0) is 16.1 Å². The molecule has 114 valence electrons. The van der Waals surface area contributed by atoms with Crippen molar-refractivity contribution in [2.24, 2.45) is 0 Å². The van der Waals surface area contributed by atoms with Gasteiger partial charge in [-0.3, -0.25) is 0 Å². The summed E-state index contributed by atoms with van der Waals surface area (Å²) in [6.45, 7) is -0.266. The van der Waals surface area contributed by atoms with Gasteiger partial charge < -0.3 is 14.6 Å². The number of ether oxygens (including phenoxy) is 2. The summed E-state index contributed by atoms with van der Waals surface area (Å²) in [7, 11) is 0. The number of carbonyl (C=O) groups excluding carboxylic acids is 2. The van der Waals surface area contributed by atoms with Crippen molar-refractivity contribution >= 4 is 11.9 Å². The first-order valence-corrected chi connectivity index (χ1v) is 6.80. The predicted molar refractivity (Wildman–Crippen MR) is 79.4 cm³/mol. The van der Waals surface area contributed by atoms with Gasteiger partial charge in [-0.2, -0.15) is 0 Å². The molecule has 0 spiro atoms. The molecule has 0 unspecified atom stereocenters. The molecule has 0 amide bonds. The fourth-order valence-electron chi connectivity index (χ4n) is 1.86. The van der Waals surface area contributed by atoms with Crippen molar-refractivity contribution in [1.29, 1.82) is 0 Å². The second-order valence-electron chi connectivity index (χ2n) is 4.47. The Balaban J connectivity index is 2.07. The number of hydrogen-bond donors (Lipinski definition) is 1. The van der Waals surface area contributed by atoms with Gasteiger partial charge in [-0.05, 0) is 17.7 Å². The van der Waals surface area contributed by atoms with Gasteiger partial charge in [0.25, 0.3) is 0 Å². The van der Waals surface area contributed by atoms with E-state index in [1.54, 1.807) is 12.1 Å². The second-order valence-corrected chi connectivity index (χ2v) is 4.47. The summed E-state index contributed by atoms with van der Waals surface area (Å²) < 4.78 is 10.0. The van der Waals surface area contributed by atoms with Gasteiger partial charge in [0.1, 0.15) is 13.2 Å². The van der Waals surface area contributed by atoms with Crippen LogP contribution in [0.15, 0.2) is 54.6 Å². The Morgan fingerprint density at radius 1 is 0.818 bits per heavy atom. The zero-order valence-corrected chi connectivity index (χ0v) is 11.9. The summed E-state index contributed by atoms with van der Waals surface area (Å²) in [5.41, 5.74) is 1.12. The molecule has 1 N–H and O–H groups in total. The zero-order chi connectivity index (χ0) is 15.8. The van der Waals surface area contributed by atoms with E-state index in [-0.39, 0.29) is 30.9 Å². The molecular weight excluding hydrogens is 284 g/mol. The van der Waals surface area contributed by atoms with Crippen LogP contribution in [0.4, 0.5) is 0 Å². The van der Waals surface area contributed by atoms with E-state index in [0.717, 1.165) is 5.56 Å². The lowest BCUT2D eigenvalue weighted by Gasteiger charge is -2.09. The number of esters is 2. The molecular formula is C17H16O5. The minimum atomic E-state index is -0.665. The van der Waals surface area contributed by atoms with Crippen LogP contribution in [0.25, 0.3) is 0 Å². The Bertz CT molecular complexity index is 637. The maximum atomic E-state index is 12.1. The lowest BCUT2D eigenvalue weighted by molar-refractivity contribution is 0.0403. The summed E-state index contributed by atoms with van der Waals surface area (Å²) >= 11 is 0. The van der Waals surface area contributed by atoms with E-state index in [4.69, 9.17) is 14.6 Å². The predicted octanol–water partition coefficient (Wildman–Crippen LogP) is 2.19. The van der Waals surface area contributed by atoms with Gasteiger partial charge in [0.15, 0.2) is 0 Å². The Morgan fingerprint density at radius 2 is 1.36 bits per heavy atom. The third-order valence-corrected chi connectivity index (χ3v) is 2.90. The number of aliphatic hydroxyl groups excluding tert-OH is 1. The van der Waals surface area contributed by atoms with Gasteiger partial charge in [-0.1, -0.05) is 42.5 Å². The highest BCUT2D eigenvalue weighted by Gasteiger charge is 2.18. The molecule has 0 aromatic heterocycles. The summed E-state index contributed by atoms with van der Waals surface area (Å²) in [5.74, 6) is -1.26. The molecule has 2 rings (SSSR count). The Labute approximate surface area is 128 Å². The fraction of sp³-hybridized carbons (Fsp3) is 0.176. The molecule has 0 heterocycles. The molecule has 5 heteroatoms. The third-order valence-electron chi connectivity index (χ3n) is 2.90.